The normalized spacial score (nSPS) is 20.6. The SMILES string of the molecule is CCC[C@H]1N=C(c2ccc(OC)cc2OC(C)C)N(C(=O)N2CCC(N3CCCC3)CC2)[C@H]1c1ccc(Cl)cc1.O=C(O)C(F)(F)F. The summed E-state index contributed by atoms with van der Waals surface area (Å²) in [5.41, 5.74) is 1.86. The topological polar surface area (TPSA) is 94.9 Å². The number of amidine groups is 1. The van der Waals surface area contributed by atoms with Gasteiger partial charge in [-0.1, -0.05) is 37.1 Å². The van der Waals surface area contributed by atoms with Crippen molar-refractivity contribution in [2.75, 3.05) is 33.3 Å². The summed E-state index contributed by atoms with van der Waals surface area (Å²) in [6.07, 6.45) is 1.32. The fourth-order valence-corrected chi connectivity index (χ4v) is 6.53. The summed E-state index contributed by atoms with van der Waals surface area (Å²) in [7, 11) is 1.65. The quantitative estimate of drug-likeness (QED) is 0.312. The molecule has 0 bridgehead atoms. The van der Waals surface area contributed by atoms with Crippen LogP contribution >= 0.6 is 11.6 Å². The Hall–Kier alpha value is -3.51. The van der Waals surface area contributed by atoms with Gasteiger partial charge in [0.05, 0.1) is 30.9 Å². The lowest BCUT2D eigenvalue weighted by Gasteiger charge is -2.40. The highest BCUT2D eigenvalue weighted by Crippen LogP contribution is 2.40. The summed E-state index contributed by atoms with van der Waals surface area (Å²) in [5.74, 6) is -0.708. The molecule has 258 valence electrons. The van der Waals surface area contributed by atoms with Crippen LogP contribution in [0.5, 0.6) is 11.5 Å². The van der Waals surface area contributed by atoms with E-state index >= 15 is 0 Å². The van der Waals surface area contributed by atoms with Gasteiger partial charge >= 0.3 is 18.2 Å². The molecular formula is C34H44ClF3N4O5. The number of benzene rings is 2. The van der Waals surface area contributed by atoms with E-state index in [0.717, 1.165) is 49.9 Å². The summed E-state index contributed by atoms with van der Waals surface area (Å²) in [5, 5.41) is 7.81. The van der Waals surface area contributed by atoms with E-state index in [-0.39, 0.29) is 24.2 Å². The molecule has 2 atom stereocenters. The summed E-state index contributed by atoms with van der Waals surface area (Å²) < 4.78 is 43.5. The Labute approximate surface area is 279 Å². The number of hydrogen-bond acceptors (Lipinski definition) is 6. The van der Waals surface area contributed by atoms with Crippen LogP contribution in [-0.4, -0.2) is 95.3 Å². The minimum Gasteiger partial charge on any atom is -0.497 e. The minimum absolute atomic E-state index is 0.0171. The van der Waals surface area contributed by atoms with Crippen LogP contribution in [0.3, 0.4) is 0 Å². The lowest BCUT2D eigenvalue weighted by Crippen LogP contribution is -2.52. The number of aliphatic carboxylic acids is 1. The Morgan fingerprint density at radius 3 is 2.19 bits per heavy atom. The van der Waals surface area contributed by atoms with Gasteiger partial charge in [0.2, 0.25) is 0 Å². The minimum atomic E-state index is -5.08. The molecule has 0 aliphatic carbocycles. The second kappa shape index (κ2) is 16.1. The number of ether oxygens (including phenoxy) is 2. The molecule has 2 amide bonds. The van der Waals surface area contributed by atoms with Gasteiger partial charge in [0, 0.05) is 30.2 Å². The predicted octanol–water partition coefficient (Wildman–Crippen LogP) is 7.42. The van der Waals surface area contributed by atoms with Crippen LogP contribution in [-0.2, 0) is 4.79 Å². The maximum absolute atomic E-state index is 14.5. The second-order valence-corrected chi connectivity index (χ2v) is 12.7. The van der Waals surface area contributed by atoms with Crippen molar-refractivity contribution in [2.24, 2.45) is 4.99 Å². The Balaban J connectivity index is 0.000000644. The lowest BCUT2D eigenvalue weighted by molar-refractivity contribution is -0.192. The van der Waals surface area contributed by atoms with Crippen LogP contribution in [0.25, 0.3) is 0 Å². The molecule has 0 saturated carbocycles. The molecule has 47 heavy (non-hydrogen) atoms. The molecule has 0 spiro atoms. The first-order valence-corrected chi connectivity index (χ1v) is 16.5. The highest BCUT2D eigenvalue weighted by Gasteiger charge is 2.44. The smallest absolute Gasteiger partial charge is 0.490 e. The molecule has 5 rings (SSSR count). The summed E-state index contributed by atoms with van der Waals surface area (Å²) in [6, 6.07) is 14.0. The molecule has 3 aliphatic rings. The Morgan fingerprint density at radius 2 is 1.66 bits per heavy atom. The largest absolute Gasteiger partial charge is 0.497 e. The van der Waals surface area contributed by atoms with E-state index in [1.54, 1.807) is 7.11 Å². The summed E-state index contributed by atoms with van der Waals surface area (Å²) in [4.78, 5) is 35.3. The molecule has 2 saturated heterocycles. The molecule has 2 aromatic rings. The number of aliphatic imine (C=N–C) groups is 1. The van der Waals surface area contributed by atoms with Gasteiger partial charge < -0.3 is 24.4 Å². The zero-order valence-electron chi connectivity index (χ0n) is 27.3. The Kier molecular flexibility index (Phi) is 12.4. The number of carbonyl (C=O) groups excluding carboxylic acids is 1. The summed E-state index contributed by atoms with van der Waals surface area (Å²) >= 11 is 6.28. The van der Waals surface area contributed by atoms with E-state index in [1.807, 2.05) is 66.1 Å². The molecular weight excluding hydrogens is 637 g/mol. The van der Waals surface area contributed by atoms with Crippen molar-refractivity contribution < 1.29 is 37.3 Å². The number of alkyl halides is 3. The highest BCUT2D eigenvalue weighted by atomic mass is 35.5. The molecule has 0 radical (unpaired) electrons. The van der Waals surface area contributed by atoms with Crippen molar-refractivity contribution in [1.29, 1.82) is 0 Å². The lowest BCUT2D eigenvalue weighted by atomic mass is 9.96. The van der Waals surface area contributed by atoms with Gasteiger partial charge in [-0.2, -0.15) is 13.2 Å². The van der Waals surface area contributed by atoms with E-state index in [4.69, 9.17) is 36.0 Å². The fraction of sp³-hybridized carbons (Fsp3) is 0.559. The van der Waals surface area contributed by atoms with Gasteiger partial charge in [-0.3, -0.25) is 9.89 Å². The van der Waals surface area contributed by atoms with Crippen LogP contribution in [0, 0.1) is 0 Å². The third-order valence-corrected chi connectivity index (χ3v) is 8.84. The second-order valence-electron chi connectivity index (χ2n) is 12.3. The first-order valence-electron chi connectivity index (χ1n) is 16.1. The van der Waals surface area contributed by atoms with Crippen LogP contribution < -0.4 is 9.47 Å². The third-order valence-electron chi connectivity index (χ3n) is 8.59. The number of nitrogens with zero attached hydrogens (tertiary/aromatic N) is 4. The van der Waals surface area contributed by atoms with Gasteiger partial charge in [-0.25, -0.2) is 9.59 Å². The number of likely N-dealkylation sites (tertiary alicyclic amines) is 2. The number of carboxylic acids is 1. The van der Waals surface area contributed by atoms with E-state index < -0.39 is 12.1 Å². The molecule has 3 aliphatic heterocycles. The van der Waals surface area contributed by atoms with Crippen molar-refractivity contribution in [3.05, 3.63) is 58.6 Å². The maximum Gasteiger partial charge on any atom is 0.490 e. The Morgan fingerprint density at radius 1 is 1.04 bits per heavy atom. The molecule has 0 aromatic heterocycles. The number of carbonyl (C=O) groups is 2. The number of rotatable bonds is 8. The maximum atomic E-state index is 14.5. The zero-order chi connectivity index (χ0) is 34.3. The zero-order valence-corrected chi connectivity index (χ0v) is 28.1. The third kappa shape index (κ3) is 9.10. The number of methoxy groups -OCH3 is 1. The van der Waals surface area contributed by atoms with Crippen molar-refractivity contribution >= 4 is 29.4 Å². The van der Waals surface area contributed by atoms with E-state index in [0.29, 0.717) is 28.4 Å². The van der Waals surface area contributed by atoms with Crippen LogP contribution in [0.2, 0.25) is 5.02 Å². The van der Waals surface area contributed by atoms with E-state index in [1.165, 1.54) is 25.9 Å². The molecule has 2 fully saturated rings. The van der Waals surface area contributed by atoms with Gasteiger partial charge in [-0.15, -0.1) is 0 Å². The number of hydrogen-bond donors (Lipinski definition) is 1. The predicted molar refractivity (Wildman–Crippen MR) is 175 cm³/mol. The van der Waals surface area contributed by atoms with Crippen LogP contribution in [0.1, 0.15) is 76.5 Å². The van der Waals surface area contributed by atoms with Crippen molar-refractivity contribution in [3.63, 3.8) is 0 Å². The molecule has 1 N–H and O–H groups in total. The average molecular weight is 681 g/mol. The highest BCUT2D eigenvalue weighted by molar-refractivity contribution is 6.30. The van der Waals surface area contributed by atoms with Gasteiger partial charge in [-0.05, 0) is 88.9 Å². The number of amides is 2. The van der Waals surface area contributed by atoms with Crippen molar-refractivity contribution in [2.45, 2.75) is 89.7 Å². The molecule has 3 heterocycles. The van der Waals surface area contributed by atoms with Crippen molar-refractivity contribution in [3.8, 4) is 11.5 Å². The van der Waals surface area contributed by atoms with Crippen molar-refractivity contribution in [1.82, 2.24) is 14.7 Å². The summed E-state index contributed by atoms with van der Waals surface area (Å²) in [6.45, 7) is 10.1. The first-order chi connectivity index (χ1) is 22.3. The number of halogens is 4. The first kappa shape index (κ1) is 36.3. The number of urea groups is 1. The molecule has 9 nitrogen and oxygen atoms in total. The molecule has 0 unspecified atom stereocenters. The van der Waals surface area contributed by atoms with E-state index in [2.05, 4.69) is 11.8 Å². The van der Waals surface area contributed by atoms with Crippen LogP contribution in [0.15, 0.2) is 47.5 Å². The number of piperidine rings is 1. The molecule has 13 heteroatoms. The van der Waals surface area contributed by atoms with Gasteiger partial charge in [0.25, 0.3) is 0 Å². The molecule has 2 aromatic carbocycles. The van der Waals surface area contributed by atoms with E-state index in [9.17, 15) is 18.0 Å². The standard InChI is InChI=1S/C32H43ClN4O3.C2HF3O2/c1-5-8-28-30(23-9-11-24(33)12-10-23)37(32(38)36-19-15-25(16-20-36)35-17-6-7-18-35)31(34-28)27-14-13-26(39-4)21-29(27)40-22(2)3;3-2(4,5)1(6)7/h9-14,21-22,25,28,30H,5-8,15-20H2,1-4H3;(H,6,7)/t28-,30+;/m1./s1. The number of carboxylic acid groups (broad SMARTS) is 1. The fourth-order valence-electron chi connectivity index (χ4n) is 6.40. The Bertz CT molecular complexity index is 1390. The van der Waals surface area contributed by atoms with Gasteiger partial charge in [0.15, 0.2) is 0 Å². The van der Waals surface area contributed by atoms with Gasteiger partial charge in [0.1, 0.15) is 17.3 Å². The average Bonchev–Trinajstić information content (AvgIpc) is 3.70. The monoisotopic (exact) mass is 680 g/mol. The van der Waals surface area contributed by atoms with Crippen LogP contribution in [0.4, 0.5) is 18.0 Å².